The molecule has 0 radical (unpaired) electrons. The molecule has 0 aliphatic rings. The van der Waals surface area contributed by atoms with Crippen LogP contribution in [0.1, 0.15) is 26.3 Å². The van der Waals surface area contributed by atoms with Gasteiger partial charge in [0.2, 0.25) is 0 Å². The van der Waals surface area contributed by atoms with Gasteiger partial charge in [0.15, 0.2) is 6.61 Å². The molecule has 0 aromatic heterocycles. The fourth-order valence-corrected chi connectivity index (χ4v) is 1.22. The molecule has 1 aromatic carbocycles. The summed E-state index contributed by atoms with van der Waals surface area (Å²) in [5.74, 6) is 0.254. The minimum atomic E-state index is -4.29. The number of halogens is 3. The van der Waals surface area contributed by atoms with E-state index in [9.17, 15) is 13.2 Å². The van der Waals surface area contributed by atoms with Crippen LogP contribution >= 0.6 is 0 Å². The maximum absolute atomic E-state index is 12.0. The molecule has 0 spiro atoms. The van der Waals surface area contributed by atoms with Crippen molar-refractivity contribution < 1.29 is 17.9 Å². The summed E-state index contributed by atoms with van der Waals surface area (Å²) < 4.78 is 40.5. The number of hydrogen-bond donors (Lipinski definition) is 0. The summed E-state index contributed by atoms with van der Waals surface area (Å²) in [5.41, 5.74) is 0.851. The van der Waals surface area contributed by atoms with E-state index in [2.05, 4.69) is 4.74 Å². The molecule has 1 aromatic rings. The number of rotatable bonds is 2. The first-order valence-corrected chi connectivity index (χ1v) is 4.98. The van der Waals surface area contributed by atoms with E-state index in [0.29, 0.717) is 0 Å². The van der Waals surface area contributed by atoms with Gasteiger partial charge in [-0.15, -0.1) is 0 Å². The van der Waals surface area contributed by atoms with Crippen molar-refractivity contribution in [3.63, 3.8) is 0 Å². The molecule has 4 heteroatoms. The summed E-state index contributed by atoms with van der Waals surface area (Å²) in [6.07, 6.45) is -4.29. The first kappa shape index (κ1) is 12.9. The Morgan fingerprint density at radius 2 is 1.75 bits per heavy atom. The van der Waals surface area contributed by atoms with Crippen LogP contribution in [-0.2, 0) is 5.41 Å². The smallest absolute Gasteiger partial charge is 0.422 e. The molecule has 0 amide bonds. The van der Waals surface area contributed by atoms with Crippen molar-refractivity contribution in [2.24, 2.45) is 0 Å². The summed E-state index contributed by atoms with van der Waals surface area (Å²) in [4.78, 5) is 0. The van der Waals surface area contributed by atoms with Crippen LogP contribution in [0.2, 0.25) is 0 Å². The lowest BCUT2D eigenvalue weighted by molar-refractivity contribution is -0.153. The second kappa shape index (κ2) is 4.36. The van der Waals surface area contributed by atoms with E-state index in [0.717, 1.165) is 5.56 Å². The third-order valence-electron chi connectivity index (χ3n) is 2.10. The third-order valence-corrected chi connectivity index (χ3v) is 2.10. The van der Waals surface area contributed by atoms with Crippen molar-refractivity contribution in [3.05, 3.63) is 29.8 Å². The first-order valence-electron chi connectivity index (χ1n) is 4.98. The number of benzene rings is 1. The zero-order valence-corrected chi connectivity index (χ0v) is 9.56. The molecule has 0 heterocycles. The van der Waals surface area contributed by atoms with Gasteiger partial charge in [0.05, 0.1) is 0 Å². The van der Waals surface area contributed by atoms with E-state index in [4.69, 9.17) is 0 Å². The van der Waals surface area contributed by atoms with Gasteiger partial charge >= 0.3 is 6.18 Å². The lowest BCUT2D eigenvalue weighted by atomic mass is 9.87. The molecule has 0 unspecified atom stereocenters. The Bertz CT molecular complexity index is 350. The Labute approximate surface area is 93.2 Å². The van der Waals surface area contributed by atoms with Crippen molar-refractivity contribution in [2.45, 2.75) is 32.4 Å². The quantitative estimate of drug-likeness (QED) is 0.750. The second-order valence-corrected chi connectivity index (χ2v) is 4.68. The minimum absolute atomic E-state index is 0.0996. The highest BCUT2D eigenvalue weighted by Gasteiger charge is 2.28. The first-order chi connectivity index (χ1) is 7.18. The molecule has 90 valence electrons. The van der Waals surface area contributed by atoms with Crippen molar-refractivity contribution >= 4 is 0 Å². The van der Waals surface area contributed by atoms with Crippen LogP contribution in [-0.4, -0.2) is 12.8 Å². The van der Waals surface area contributed by atoms with Gasteiger partial charge in [-0.05, 0) is 23.1 Å². The van der Waals surface area contributed by atoms with Crippen molar-refractivity contribution in [2.75, 3.05) is 6.61 Å². The molecule has 0 saturated carbocycles. The lowest BCUT2D eigenvalue weighted by Crippen LogP contribution is -2.19. The highest BCUT2D eigenvalue weighted by molar-refractivity contribution is 5.32. The SMILES string of the molecule is CC(C)(C)c1cccc(OCC(F)(F)F)c1. The monoisotopic (exact) mass is 232 g/mol. The maximum atomic E-state index is 12.0. The predicted octanol–water partition coefficient (Wildman–Crippen LogP) is 3.93. The maximum Gasteiger partial charge on any atom is 0.422 e. The number of ether oxygens (including phenoxy) is 1. The molecule has 16 heavy (non-hydrogen) atoms. The highest BCUT2D eigenvalue weighted by atomic mass is 19.4. The van der Waals surface area contributed by atoms with Gasteiger partial charge in [-0.2, -0.15) is 13.2 Å². The molecule has 1 nitrogen and oxygen atoms in total. The molecule has 1 rings (SSSR count). The van der Waals surface area contributed by atoms with E-state index in [1.54, 1.807) is 12.1 Å². The van der Waals surface area contributed by atoms with Crippen LogP contribution in [0, 0.1) is 0 Å². The molecular formula is C12H15F3O. The molecule has 0 aliphatic heterocycles. The van der Waals surface area contributed by atoms with Gasteiger partial charge in [-0.1, -0.05) is 32.9 Å². The van der Waals surface area contributed by atoms with E-state index >= 15 is 0 Å². The van der Waals surface area contributed by atoms with Crippen LogP contribution in [0.5, 0.6) is 5.75 Å². The summed E-state index contributed by atoms with van der Waals surface area (Å²) >= 11 is 0. The number of hydrogen-bond acceptors (Lipinski definition) is 1. The van der Waals surface area contributed by atoms with Crippen LogP contribution in [0.3, 0.4) is 0 Å². The van der Waals surface area contributed by atoms with Gasteiger partial charge in [-0.25, -0.2) is 0 Å². The Kier molecular flexibility index (Phi) is 3.51. The average molecular weight is 232 g/mol. The fraction of sp³-hybridized carbons (Fsp3) is 0.500. The Hall–Kier alpha value is -1.19. The van der Waals surface area contributed by atoms with E-state index < -0.39 is 12.8 Å². The van der Waals surface area contributed by atoms with Crippen LogP contribution in [0.15, 0.2) is 24.3 Å². The van der Waals surface area contributed by atoms with E-state index in [1.807, 2.05) is 26.8 Å². The number of alkyl halides is 3. The van der Waals surface area contributed by atoms with Crippen LogP contribution in [0.25, 0.3) is 0 Å². The minimum Gasteiger partial charge on any atom is -0.484 e. The average Bonchev–Trinajstić information content (AvgIpc) is 2.13. The zero-order valence-electron chi connectivity index (χ0n) is 9.56. The standard InChI is InChI=1S/C12H15F3O/c1-11(2,3)9-5-4-6-10(7-9)16-8-12(13,14)15/h4-7H,8H2,1-3H3. The Morgan fingerprint density at radius 1 is 1.12 bits per heavy atom. The fourth-order valence-electron chi connectivity index (χ4n) is 1.22. The van der Waals surface area contributed by atoms with Crippen molar-refractivity contribution in [1.82, 2.24) is 0 Å². The van der Waals surface area contributed by atoms with Crippen molar-refractivity contribution in [3.8, 4) is 5.75 Å². The largest absolute Gasteiger partial charge is 0.484 e. The van der Waals surface area contributed by atoms with Crippen molar-refractivity contribution in [1.29, 1.82) is 0 Å². The normalized spacial score (nSPS) is 12.6. The third kappa shape index (κ3) is 4.13. The van der Waals surface area contributed by atoms with Gasteiger partial charge in [0.1, 0.15) is 5.75 Å². The molecule has 0 bridgehead atoms. The van der Waals surface area contributed by atoms with Gasteiger partial charge < -0.3 is 4.74 Å². The Morgan fingerprint density at radius 3 is 2.25 bits per heavy atom. The molecule has 0 atom stereocenters. The van der Waals surface area contributed by atoms with Gasteiger partial charge in [0.25, 0.3) is 0 Å². The molecule has 0 fully saturated rings. The summed E-state index contributed by atoms with van der Waals surface area (Å²) in [5, 5.41) is 0. The highest BCUT2D eigenvalue weighted by Crippen LogP contribution is 2.26. The summed E-state index contributed by atoms with van der Waals surface area (Å²) in [6.45, 7) is 4.74. The lowest BCUT2D eigenvalue weighted by Gasteiger charge is -2.20. The second-order valence-electron chi connectivity index (χ2n) is 4.68. The van der Waals surface area contributed by atoms with Crippen LogP contribution < -0.4 is 4.74 Å². The van der Waals surface area contributed by atoms with Gasteiger partial charge in [-0.3, -0.25) is 0 Å². The van der Waals surface area contributed by atoms with E-state index in [-0.39, 0.29) is 11.2 Å². The molecule has 0 N–H and O–H groups in total. The zero-order chi connectivity index (χ0) is 12.4. The summed E-state index contributed by atoms with van der Waals surface area (Å²) in [7, 11) is 0. The summed E-state index contributed by atoms with van der Waals surface area (Å²) in [6, 6.07) is 6.75. The Balaban J connectivity index is 2.76. The topological polar surface area (TPSA) is 9.23 Å². The molecule has 0 saturated heterocycles. The van der Waals surface area contributed by atoms with E-state index in [1.165, 1.54) is 6.07 Å². The molecule has 0 aliphatic carbocycles. The van der Waals surface area contributed by atoms with Crippen LogP contribution in [0.4, 0.5) is 13.2 Å². The predicted molar refractivity (Wildman–Crippen MR) is 56.7 cm³/mol. The molecular weight excluding hydrogens is 217 g/mol. The van der Waals surface area contributed by atoms with Gasteiger partial charge in [0, 0.05) is 0 Å².